The van der Waals surface area contributed by atoms with Crippen molar-refractivity contribution in [2.45, 2.75) is 39.0 Å². The van der Waals surface area contributed by atoms with Gasteiger partial charge < -0.3 is 14.2 Å². The molecule has 0 aromatic heterocycles. The monoisotopic (exact) mass is 553 g/mol. The van der Waals surface area contributed by atoms with Crippen LogP contribution in [0.1, 0.15) is 38.3 Å². The highest BCUT2D eigenvalue weighted by Crippen LogP contribution is 2.28. The van der Waals surface area contributed by atoms with Gasteiger partial charge in [0, 0.05) is 0 Å². The Morgan fingerprint density at radius 2 is 1.59 bits per heavy atom. The lowest BCUT2D eigenvalue weighted by atomic mass is 10.2. The predicted molar refractivity (Wildman–Crippen MR) is 152 cm³/mol. The highest BCUT2D eigenvalue weighted by atomic mass is 32.2. The van der Waals surface area contributed by atoms with Crippen molar-refractivity contribution in [3.05, 3.63) is 77.9 Å². The average Bonchev–Trinajstić information content (AvgIpc) is 2.92. The van der Waals surface area contributed by atoms with Crippen LogP contribution in [0.15, 0.2) is 76.7 Å². The Balaban J connectivity index is 1.79. The second-order valence-electron chi connectivity index (χ2n) is 8.53. The second kappa shape index (κ2) is 14.2. The van der Waals surface area contributed by atoms with Crippen molar-refractivity contribution in [2.75, 3.05) is 30.7 Å². The van der Waals surface area contributed by atoms with Crippen molar-refractivity contribution >= 4 is 27.8 Å². The first kappa shape index (κ1) is 29.5. The molecule has 1 amide bonds. The van der Waals surface area contributed by atoms with Crippen molar-refractivity contribution < 1.29 is 27.4 Å². The summed E-state index contributed by atoms with van der Waals surface area (Å²) >= 11 is 0. The standard InChI is InChI=1S/C29H35N3O6S/c1-5-18-38-27-17-10-23(19-28(27)37-7-3)20-30-31-29(33)21-32(24-11-13-25(14-12-24)36-6-2)39(34,35)26-15-8-22(4)9-16-26/h8-17,19-20H,5-7,18,21H2,1-4H3,(H,31,33)/b30-20-. The van der Waals surface area contributed by atoms with Crippen molar-refractivity contribution in [1.29, 1.82) is 0 Å². The van der Waals surface area contributed by atoms with E-state index < -0.39 is 22.5 Å². The normalized spacial score (nSPS) is 11.3. The quantitative estimate of drug-likeness (QED) is 0.224. The minimum atomic E-state index is -4.04. The van der Waals surface area contributed by atoms with E-state index in [0.29, 0.717) is 48.3 Å². The molecule has 0 unspecified atom stereocenters. The van der Waals surface area contributed by atoms with Gasteiger partial charge >= 0.3 is 0 Å². The van der Waals surface area contributed by atoms with E-state index in [4.69, 9.17) is 14.2 Å². The van der Waals surface area contributed by atoms with E-state index in [-0.39, 0.29) is 4.90 Å². The van der Waals surface area contributed by atoms with Gasteiger partial charge in [0.2, 0.25) is 0 Å². The predicted octanol–water partition coefficient (Wildman–Crippen LogP) is 4.93. The molecule has 10 heteroatoms. The van der Waals surface area contributed by atoms with Crippen LogP contribution in [0.5, 0.6) is 17.2 Å². The zero-order valence-electron chi connectivity index (χ0n) is 22.7. The van der Waals surface area contributed by atoms with Gasteiger partial charge in [0.1, 0.15) is 12.3 Å². The summed E-state index contributed by atoms with van der Waals surface area (Å²) in [6, 6.07) is 18.3. The highest BCUT2D eigenvalue weighted by molar-refractivity contribution is 7.92. The molecular formula is C29H35N3O6S. The van der Waals surface area contributed by atoms with Crippen LogP contribution in [0, 0.1) is 6.92 Å². The van der Waals surface area contributed by atoms with Gasteiger partial charge in [-0.05, 0) is 87.4 Å². The number of nitrogens with one attached hydrogen (secondary N) is 1. The van der Waals surface area contributed by atoms with Crippen LogP contribution in [-0.2, 0) is 14.8 Å². The Labute approximate surface area is 230 Å². The third-order valence-electron chi connectivity index (χ3n) is 5.46. The average molecular weight is 554 g/mol. The van der Waals surface area contributed by atoms with E-state index in [1.807, 2.05) is 27.7 Å². The Morgan fingerprint density at radius 3 is 2.23 bits per heavy atom. The van der Waals surface area contributed by atoms with Gasteiger partial charge in [-0.1, -0.05) is 24.6 Å². The maximum Gasteiger partial charge on any atom is 0.264 e. The number of carbonyl (C=O) groups excluding carboxylic acids is 1. The minimum Gasteiger partial charge on any atom is -0.494 e. The van der Waals surface area contributed by atoms with Crippen LogP contribution in [0.3, 0.4) is 0 Å². The molecule has 0 radical (unpaired) electrons. The van der Waals surface area contributed by atoms with E-state index >= 15 is 0 Å². The van der Waals surface area contributed by atoms with Crippen LogP contribution in [0.4, 0.5) is 5.69 Å². The molecule has 3 aromatic rings. The van der Waals surface area contributed by atoms with Crippen molar-refractivity contribution in [1.82, 2.24) is 5.43 Å². The lowest BCUT2D eigenvalue weighted by Gasteiger charge is -2.24. The summed E-state index contributed by atoms with van der Waals surface area (Å²) < 4.78 is 45.0. The summed E-state index contributed by atoms with van der Waals surface area (Å²) in [5.41, 5.74) is 4.35. The van der Waals surface area contributed by atoms with Gasteiger partial charge in [0.25, 0.3) is 15.9 Å². The second-order valence-corrected chi connectivity index (χ2v) is 10.4. The molecule has 39 heavy (non-hydrogen) atoms. The van der Waals surface area contributed by atoms with Crippen LogP contribution >= 0.6 is 0 Å². The number of carbonyl (C=O) groups is 1. The number of ether oxygens (including phenoxy) is 3. The van der Waals surface area contributed by atoms with Gasteiger partial charge in [-0.15, -0.1) is 0 Å². The fourth-order valence-corrected chi connectivity index (χ4v) is 5.00. The van der Waals surface area contributed by atoms with Crippen LogP contribution in [0.2, 0.25) is 0 Å². The Morgan fingerprint density at radius 1 is 0.897 bits per heavy atom. The first-order chi connectivity index (χ1) is 18.8. The molecule has 0 heterocycles. The Hall–Kier alpha value is -4.05. The van der Waals surface area contributed by atoms with Gasteiger partial charge in [-0.25, -0.2) is 13.8 Å². The summed E-state index contributed by atoms with van der Waals surface area (Å²) in [6.45, 7) is 8.67. The number of hydrogen-bond acceptors (Lipinski definition) is 7. The van der Waals surface area contributed by atoms with Gasteiger partial charge in [-0.2, -0.15) is 5.10 Å². The fourth-order valence-electron chi connectivity index (χ4n) is 3.58. The lowest BCUT2D eigenvalue weighted by Crippen LogP contribution is -2.39. The summed E-state index contributed by atoms with van der Waals surface area (Å²) in [4.78, 5) is 12.9. The van der Waals surface area contributed by atoms with Crippen LogP contribution in [-0.4, -0.2) is 46.9 Å². The molecule has 1 N–H and O–H groups in total. The summed E-state index contributed by atoms with van der Waals surface area (Å²) in [6.07, 6.45) is 2.33. The zero-order chi connectivity index (χ0) is 28.3. The lowest BCUT2D eigenvalue weighted by molar-refractivity contribution is -0.119. The van der Waals surface area contributed by atoms with Crippen molar-refractivity contribution in [3.63, 3.8) is 0 Å². The van der Waals surface area contributed by atoms with Crippen LogP contribution < -0.4 is 23.9 Å². The first-order valence-electron chi connectivity index (χ1n) is 12.8. The van der Waals surface area contributed by atoms with Crippen LogP contribution in [0.25, 0.3) is 0 Å². The molecule has 208 valence electrons. The number of anilines is 1. The smallest absolute Gasteiger partial charge is 0.264 e. The molecule has 3 aromatic carbocycles. The Kier molecular flexibility index (Phi) is 10.7. The molecule has 0 atom stereocenters. The largest absolute Gasteiger partial charge is 0.494 e. The van der Waals surface area contributed by atoms with Gasteiger partial charge in [-0.3, -0.25) is 9.10 Å². The number of hydrogen-bond donors (Lipinski definition) is 1. The molecule has 0 fully saturated rings. The third kappa shape index (κ3) is 8.22. The number of hydrazone groups is 1. The van der Waals surface area contributed by atoms with Crippen molar-refractivity contribution in [3.8, 4) is 17.2 Å². The molecule has 0 aliphatic carbocycles. The number of amides is 1. The molecule has 0 bridgehead atoms. The van der Waals surface area contributed by atoms with E-state index in [0.717, 1.165) is 16.3 Å². The molecule has 9 nitrogen and oxygen atoms in total. The summed E-state index contributed by atoms with van der Waals surface area (Å²) in [5.74, 6) is 1.20. The minimum absolute atomic E-state index is 0.0760. The number of rotatable bonds is 14. The van der Waals surface area contributed by atoms with E-state index in [9.17, 15) is 13.2 Å². The molecule has 0 aliphatic rings. The van der Waals surface area contributed by atoms with E-state index in [2.05, 4.69) is 10.5 Å². The number of benzene rings is 3. The molecule has 3 rings (SSSR count). The van der Waals surface area contributed by atoms with E-state index in [1.54, 1.807) is 54.6 Å². The summed E-state index contributed by atoms with van der Waals surface area (Å²) in [5, 5.41) is 4.02. The first-order valence-corrected chi connectivity index (χ1v) is 14.3. The number of aryl methyl sites for hydroxylation is 1. The highest BCUT2D eigenvalue weighted by Gasteiger charge is 2.27. The SMILES string of the molecule is CCCOc1ccc(/C=N\NC(=O)CN(c2ccc(OCC)cc2)S(=O)(=O)c2ccc(C)cc2)cc1OCC. The van der Waals surface area contributed by atoms with Crippen molar-refractivity contribution in [2.24, 2.45) is 5.10 Å². The number of nitrogens with zero attached hydrogens (tertiary/aromatic N) is 2. The molecule has 0 saturated heterocycles. The number of sulfonamides is 1. The fraction of sp³-hybridized carbons (Fsp3) is 0.310. The van der Waals surface area contributed by atoms with Gasteiger partial charge in [0.05, 0.1) is 36.6 Å². The van der Waals surface area contributed by atoms with Gasteiger partial charge in [0.15, 0.2) is 11.5 Å². The molecular weight excluding hydrogens is 518 g/mol. The summed E-state index contributed by atoms with van der Waals surface area (Å²) in [7, 11) is -4.04. The third-order valence-corrected chi connectivity index (χ3v) is 7.25. The molecule has 0 aliphatic heterocycles. The zero-order valence-corrected chi connectivity index (χ0v) is 23.5. The molecule has 0 spiro atoms. The van der Waals surface area contributed by atoms with E-state index in [1.165, 1.54) is 18.3 Å². The maximum atomic E-state index is 13.5. The maximum absolute atomic E-state index is 13.5. The molecule has 0 saturated carbocycles. The topological polar surface area (TPSA) is 107 Å². The Bertz CT molecular complexity index is 1360.